The molecule has 0 saturated carbocycles. The Labute approximate surface area is 168 Å². The van der Waals surface area contributed by atoms with Crippen LogP contribution in [0.4, 0.5) is 5.82 Å². The van der Waals surface area contributed by atoms with Crippen molar-refractivity contribution in [3.8, 4) is 17.2 Å². The van der Waals surface area contributed by atoms with E-state index in [2.05, 4.69) is 15.6 Å². The van der Waals surface area contributed by atoms with Gasteiger partial charge in [-0.05, 0) is 36.4 Å². The normalized spacial score (nSPS) is 12.9. The van der Waals surface area contributed by atoms with E-state index in [0.29, 0.717) is 22.4 Å². The maximum atomic E-state index is 12.8. The number of rotatable bonds is 4. The molecule has 0 atom stereocenters. The smallest absolute Gasteiger partial charge is 0.279 e. The van der Waals surface area contributed by atoms with Gasteiger partial charge in [0.2, 0.25) is 5.76 Å². The monoisotopic (exact) mass is 412 g/mol. The van der Waals surface area contributed by atoms with E-state index in [0.717, 1.165) is 28.5 Å². The second kappa shape index (κ2) is 6.88. The molecule has 28 heavy (non-hydrogen) atoms. The number of nitrogens with zero attached hydrogens (tertiary/aromatic N) is 3. The highest BCUT2D eigenvalue weighted by atomic mass is 35.5. The largest absolute Gasteiger partial charge is 0.461 e. The van der Waals surface area contributed by atoms with Crippen molar-refractivity contribution in [3.05, 3.63) is 70.7 Å². The highest BCUT2D eigenvalue weighted by Crippen LogP contribution is 2.36. The summed E-state index contributed by atoms with van der Waals surface area (Å²) in [5, 5.41) is 12.1. The maximum Gasteiger partial charge on any atom is 0.279 e. The maximum absolute atomic E-state index is 12.8. The van der Waals surface area contributed by atoms with Gasteiger partial charge in [-0.1, -0.05) is 16.8 Å². The van der Waals surface area contributed by atoms with Crippen molar-refractivity contribution in [3.63, 3.8) is 0 Å². The molecule has 140 valence electrons. The van der Waals surface area contributed by atoms with Crippen molar-refractivity contribution >= 4 is 35.1 Å². The molecule has 1 N–H and O–H groups in total. The summed E-state index contributed by atoms with van der Waals surface area (Å²) in [7, 11) is 0. The van der Waals surface area contributed by atoms with Crippen LogP contribution < -0.4 is 5.32 Å². The molecule has 0 spiro atoms. The lowest BCUT2D eigenvalue weighted by Crippen LogP contribution is -2.16. The SMILES string of the molecule is O=C(Nc1c2c(nn1-c1ccc(Cl)cc1)CSC2)c1cc(-c2ccco2)on1. The molecule has 4 aromatic rings. The lowest BCUT2D eigenvalue weighted by molar-refractivity contribution is 0.101. The van der Waals surface area contributed by atoms with Gasteiger partial charge in [0.05, 0.1) is 17.6 Å². The Morgan fingerprint density at radius 2 is 2.04 bits per heavy atom. The number of carbonyl (C=O) groups is 1. The molecule has 4 heterocycles. The molecule has 0 fully saturated rings. The number of fused-ring (bicyclic) bond motifs is 1. The fourth-order valence-corrected chi connectivity index (χ4v) is 4.16. The Bertz CT molecular complexity index is 1150. The Kier molecular flexibility index (Phi) is 4.22. The van der Waals surface area contributed by atoms with Gasteiger partial charge in [0.25, 0.3) is 5.91 Å². The summed E-state index contributed by atoms with van der Waals surface area (Å²) >= 11 is 7.75. The molecule has 0 saturated heterocycles. The number of nitrogens with one attached hydrogen (secondary N) is 1. The number of amides is 1. The summed E-state index contributed by atoms with van der Waals surface area (Å²) < 4.78 is 12.2. The molecule has 5 rings (SSSR count). The fourth-order valence-electron chi connectivity index (χ4n) is 3.00. The number of thioether (sulfide) groups is 1. The van der Waals surface area contributed by atoms with Crippen molar-refractivity contribution in [1.82, 2.24) is 14.9 Å². The summed E-state index contributed by atoms with van der Waals surface area (Å²) in [6, 6.07) is 12.3. The van der Waals surface area contributed by atoms with Crippen molar-refractivity contribution in [2.24, 2.45) is 0 Å². The minimum atomic E-state index is -0.378. The van der Waals surface area contributed by atoms with E-state index >= 15 is 0 Å². The zero-order chi connectivity index (χ0) is 19.1. The fraction of sp³-hybridized carbons (Fsp3) is 0.105. The average Bonchev–Trinajstić information content (AvgIpc) is 3.47. The molecule has 1 amide bonds. The van der Waals surface area contributed by atoms with Gasteiger partial charge in [0.1, 0.15) is 5.82 Å². The number of anilines is 1. The Morgan fingerprint density at radius 1 is 1.18 bits per heavy atom. The molecule has 3 aromatic heterocycles. The molecular weight excluding hydrogens is 400 g/mol. The Hall–Kier alpha value is -2.97. The Balaban J connectivity index is 1.48. The zero-order valence-electron chi connectivity index (χ0n) is 14.4. The highest BCUT2D eigenvalue weighted by Gasteiger charge is 2.26. The van der Waals surface area contributed by atoms with Crippen LogP contribution in [0.2, 0.25) is 5.02 Å². The van der Waals surface area contributed by atoms with Gasteiger partial charge in [0.15, 0.2) is 11.5 Å². The van der Waals surface area contributed by atoms with E-state index in [1.165, 1.54) is 6.26 Å². The summed E-state index contributed by atoms with van der Waals surface area (Å²) in [6.07, 6.45) is 1.53. The van der Waals surface area contributed by atoms with Crippen LogP contribution in [0.5, 0.6) is 0 Å². The van der Waals surface area contributed by atoms with E-state index in [9.17, 15) is 4.79 Å². The first-order chi connectivity index (χ1) is 13.7. The second-order valence-corrected chi connectivity index (χ2v) is 7.58. The third-order valence-electron chi connectivity index (χ3n) is 4.36. The summed E-state index contributed by atoms with van der Waals surface area (Å²) in [5.41, 5.74) is 2.96. The standard InChI is InChI=1S/C19H13ClN4O3S/c20-11-3-5-12(6-4-11)24-18(13-9-28-10-15(13)22-24)21-19(25)14-8-17(27-23-14)16-2-1-7-26-16/h1-8H,9-10H2,(H,21,25). The number of benzene rings is 1. The van der Waals surface area contributed by atoms with Gasteiger partial charge in [-0.25, -0.2) is 4.68 Å². The van der Waals surface area contributed by atoms with E-state index in [1.807, 2.05) is 12.1 Å². The molecule has 1 aromatic carbocycles. The minimum absolute atomic E-state index is 0.162. The van der Waals surface area contributed by atoms with Crippen molar-refractivity contribution in [2.45, 2.75) is 11.5 Å². The first kappa shape index (κ1) is 17.2. The van der Waals surface area contributed by atoms with Crippen LogP contribution in [0, 0.1) is 0 Å². The first-order valence-corrected chi connectivity index (χ1v) is 9.99. The molecule has 0 bridgehead atoms. The van der Waals surface area contributed by atoms with Gasteiger partial charge < -0.3 is 14.3 Å². The van der Waals surface area contributed by atoms with Gasteiger partial charge in [-0.15, -0.1) is 0 Å². The molecule has 1 aliphatic heterocycles. The Morgan fingerprint density at radius 3 is 2.82 bits per heavy atom. The van der Waals surface area contributed by atoms with Crippen molar-refractivity contribution in [1.29, 1.82) is 0 Å². The summed E-state index contributed by atoms with van der Waals surface area (Å²) in [5.74, 6) is 2.75. The predicted molar refractivity (Wildman–Crippen MR) is 106 cm³/mol. The molecule has 0 unspecified atom stereocenters. The molecule has 0 aliphatic carbocycles. The molecular formula is C19H13ClN4O3S. The van der Waals surface area contributed by atoms with Crippen LogP contribution in [0.1, 0.15) is 21.7 Å². The van der Waals surface area contributed by atoms with E-state index in [1.54, 1.807) is 46.8 Å². The van der Waals surface area contributed by atoms with Crippen LogP contribution in [-0.4, -0.2) is 20.8 Å². The van der Waals surface area contributed by atoms with Gasteiger partial charge in [0, 0.05) is 28.2 Å². The number of aromatic nitrogens is 3. The highest BCUT2D eigenvalue weighted by molar-refractivity contribution is 7.98. The number of furan rings is 1. The van der Waals surface area contributed by atoms with Crippen LogP contribution in [0.25, 0.3) is 17.2 Å². The van der Waals surface area contributed by atoms with Crippen LogP contribution >= 0.6 is 23.4 Å². The second-order valence-electron chi connectivity index (χ2n) is 6.16. The van der Waals surface area contributed by atoms with Gasteiger partial charge in [-0.3, -0.25) is 4.79 Å². The lowest BCUT2D eigenvalue weighted by Gasteiger charge is -2.10. The van der Waals surface area contributed by atoms with Gasteiger partial charge in [-0.2, -0.15) is 16.9 Å². The average molecular weight is 413 g/mol. The third-order valence-corrected chi connectivity index (χ3v) is 5.58. The van der Waals surface area contributed by atoms with Crippen molar-refractivity contribution in [2.75, 3.05) is 5.32 Å². The van der Waals surface area contributed by atoms with Gasteiger partial charge >= 0.3 is 0 Å². The van der Waals surface area contributed by atoms with E-state index in [-0.39, 0.29) is 11.6 Å². The number of hydrogen-bond acceptors (Lipinski definition) is 6. The molecule has 7 nitrogen and oxygen atoms in total. The quantitative estimate of drug-likeness (QED) is 0.519. The van der Waals surface area contributed by atoms with Crippen LogP contribution in [-0.2, 0) is 11.5 Å². The molecule has 0 radical (unpaired) electrons. The topological polar surface area (TPSA) is 86.1 Å². The minimum Gasteiger partial charge on any atom is -0.461 e. The molecule has 1 aliphatic rings. The number of halogens is 1. The van der Waals surface area contributed by atoms with E-state index < -0.39 is 0 Å². The zero-order valence-corrected chi connectivity index (χ0v) is 16.0. The molecule has 9 heteroatoms. The van der Waals surface area contributed by atoms with Crippen LogP contribution in [0.3, 0.4) is 0 Å². The third kappa shape index (κ3) is 3.00. The number of hydrogen-bond donors (Lipinski definition) is 1. The van der Waals surface area contributed by atoms with E-state index in [4.69, 9.17) is 20.5 Å². The lowest BCUT2D eigenvalue weighted by atomic mass is 10.2. The summed E-state index contributed by atoms with van der Waals surface area (Å²) in [4.78, 5) is 12.8. The number of carbonyl (C=O) groups excluding carboxylic acids is 1. The van der Waals surface area contributed by atoms with Crippen LogP contribution in [0.15, 0.2) is 57.7 Å². The first-order valence-electron chi connectivity index (χ1n) is 8.45. The predicted octanol–water partition coefficient (Wildman–Crippen LogP) is 4.77. The summed E-state index contributed by atoms with van der Waals surface area (Å²) in [6.45, 7) is 0. The van der Waals surface area contributed by atoms with Crippen molar-refractivity contribution < 1.29 is 13.7 Å².